The van der Waals surface area contributed by atoms with Crippen LogP contribution in [0.2, 0.25) is 0 Å². The molecule has 0 bridgehead atoms. The molecule has 2 aromatic carbocycles. The van der Waals surface area contributed by atoms with E-state index in [4.69, 9.17) is 0 Å². The first-order valence-electron chi connectivity index (χ1n) is 13.5. The number of hydrogen-bond acceptors (Lipinski definition) is 4. The smallest absolute Gasteiger partial charge is 0.239 e. The summed E-state index contributed by atoms with van der Waals surface area (Å²) < 4.78 is 0. The van der Waals surface area contributed by atoms with Crippen LogP contribution in [0.1, 0.15) is 59.4 Å². The lowest BCUT2D eigenvalue weighted by Gasteiger charge is -2.43. The predicted molar refractivity (Wildman–Crippen MR) is 150 cm³/mol. The number of carbonyl (C=O) groups excluding carboxylic acids is 2. The second-order valence-electron chi connectivity index (χ2n) is 10.2. The summed E-state index contributed by atoms with van der Waals surface area (Å²) in [6, 6.07) is 20.7. The highest BCUT2D eigenvalue weighted by Gasteiger charge is 2.38. The highest BCUT2D eigenvalue weighted by Crippen LogP contribution is 2.40. The third-order valence-electron chi connectivity index (χ3n) is 8.15. The molecule has 37 heavy (non-hydrogen) atoms. The summed E-state index contributed by atoms with van der Waals surface area (Å²) in [4.78, 5) is 34.8. The Morgan fingerprint density at radius 3 is 2.19 bits per heavy atom. The minimum Gasteiger partial charge on any atom is -0.339 e. The molecule has 6 heteroatoms. The zero-order valence-electron chi connectivity index (χ0n) is 22.1. The molecule has 194 valence electrons. The molecule has 1 fully saturated rings. The minimum absolute atomic E-state index is 0.0919. The quantitative estimate of drug-likeness (QED) is 0.450. The monoisotopic (exact) mass is 515 g/mol. The van der Waals surface area contributed by atoms with E-state index in [1.54, 1.807) is 0 Å². The molecule has 0 N–H and O–H groups in total. The number of thiophene rings is 1. The van der Waals surface area contributed by atoms with Crippen LogP contribution in [0.5, 0.6) is 0 Å². The van der Waals surface area contributed by atoms with E-state index < -0.39 is 0 Å². The fourth-order valence-corrected chi connectivity index (χ4v) is 6.91. The van der Waals surface area contributed by atoms with Crippen LogP contribution < -0.4 is 0 Å². The maximum Gasteiger partial charge on any atom is 0.239 e. The molecule has 2 aliphatic rings. The van der Waals surface area contributed by atoms with Crippen molar-refractivity contribution in [3.8, 4) is 0 Å². The maximum absolute atomic E-state index is 13.8. The lowest BCUT2D eigenvalue weighted by molar-refractivity contribution is -0.144. The molecule has 0 radical (unpaired) electrons. The van der Waals surface area contributed by atoms with Gasteiger partial charge < -0.3 is 9.80 Å². The van der Waals surface area contributed by atoms with Gasteiger partial charge in [-0.3, -0.25) is 14.5 Å². The van der Waals surface area contributed by atoms with Gasteiger partial charge in [0.25, 0.3) is 0 Å². The topological polar surface area (TPSA) is 43.9 Å². The van der Waals surface area contributed by atoms with Gasteiger partial charge in [0.2, 0.25) is 11.8 Å². The second-order valence-corrected chi connectivity index (χ2v) is 11.2. The average molecular weight is 516 g/mol. The normalized spacial score (nSPS) is 19.8. The van der Waals surface area contributed by atoms with E-state index >= 15 is 0 Å². The molecule has 3 aromatic rings. The van der Waals surface area contributed by atoms with Gasteiger partial charge in [0.1, 0.15) is 0 Å². The van der Waals surface area contributed by atoms with Crippen molar-refractivity contribution in [2.24, 2.45) is 0 Å². The van der Waals surface area contributed by atoms with Gasteiger partial charge in [-0.25, -0.2) is 0 Å². The van der Waals surface area contributed by atoms with Gasteiger partial charge >= 0.3 is 0 Å². The van der Waals surface area contributed by atoms with Crippen molar-refractivity contribution in [3.05, 3.63) is 93.2 Å². The van der Waals surface area contributed by atoms with Gasteiger partial charge in [-0.15, -0.1) is 11.3 Å². The van der Waals surface area contributed by atoms with E-state index in [1.807, 2.05) is 51.5 Å². The van der Waals surface area contributed by atoms with Crippen molar-refractivity contribution in [1.29, 1.82) is 0 Å². The molecule has 0 spiro atoms. The summed E-state index contributed by atoms with van der Waals surface area (Å²) in [7, 11) is 0. The molecular weight excluding hydrogens is 478 g/mol. The predicted octanol–water partition coefficient (Wildman–Crippen LogP) is 5.26. The summed E-state index contributed by atoms with van der Waals surface area (Å²) in [6.45, 7) is 9.53. The standard InChI is InChI=1S/C31H37N3O2S/c1-4-25(24-11-6-5-7-12-24)31(36)33-19-17-32(18-20-33)30(35)23(3)34-16-14-28-27(15-21-37-28)29(34)26-13-9-8-10-22(26)2/h5-13,15,21,23,25,29H,4,14,16-20H2,1-3H3. The molecule has 1 aromatic heterocycles. The number of carbonyl (C=O) groups is 2. The number of nitrogens with zero attached hydrogens (tertiary/aromatic N) is 3. The van der Waals surface area contributed by atoms with E-state index in [2.05, 4.69) is 61.4 Å². The molecular formula is C31H37N3O2S. The Labute approximate surface area is 224 Å². The number of hydrogen-bond donors (Lipinski definition) is 0. The van der Waals surface area contributed by atoms with Crippen LogP contribution in [0, 0.1) is 6.92 Å². The highest BCUT2D eigenvalue weighted by atomic mass is 32.1. The number of fused-ring (bicyclic) bond motifs is 1. The van der Waals surface area contributed by atoms with Gasteiger partial charge in [0.05, 0.1) is 18.0 Å². The van der Waals surface area contributed by atoms with Gasteiger partial charge in [0.15, 0.2) is 0 Å². The minimum atomic E-state index is -0.229. The Morgan fingerprint density at radius 1 is 0.865 bits per heavy atom. The molecule has 0 aliphatic carbocycles. The largest absolute Gasteiger partial charge is 0.339 e. The van der Waals surface area contributed by atoms with Gasteiger partial charge in [-0.2, -0.15) is 0 Å². The zero-order valence-corrected chi connectivity index (χ0v) is 22.9. The van der Waals surface area contributed by atoms with E-state index in [0.29, 0.717) is 26.2 Å². The zero-order chi connectivity index (χ0) is 25.9. The van der Waals surface area contributed by atoms with Crippen molar-refractivity contribution in [3.63, 3.8) is 0 Å². The van der Waals surface area contributed by atoms with Crippen LogP contribution >= 0.6 is 11.3 Å². The Balaban J connectivity index is 1.28. The summed E-state index contributed by atoms with van der Waals surface area (Å²) >= 11 is 1.83. The number of amides is 2. The van der Waals surface area contributed by atoms with Crippen molar-refractivity contribution in [2.45, 2.75) is 51.6 Å². The molecule has 1 saturated heterocycles. The van der Waals surface area contributed by atoms with Crippen LogP contribution in [0.3, 0.4) is 0 Å². The Kier molecular flexibility index (Phi) is 7.77. The summed E-state index contributed by atoms with van der Waals surface area (Å²) in [5.74, 6) is 0.222. The van der Waals surface area contributed by atoms with Crippen molar-refractivity contribution >= 4 is 23.2 Å². The molecule has 0 saturated carbocycles. The second kappa shape index (κ2) is 11.2. The third kappa shape index (κ3) is 5.10. The molecule has 5 rings (SSSR count). The summed E-state index contributed by atoms with van der Waals surface area (Å²) in [5.41, 5.74) is 4.95. The number of piperazine rings is 1. The van der Waals surface area contributed by atoms with E-state index in [-0.39, 0.29) is 29.8 Å². The van der Waals surface area contributed by atoms with Gasteiger partial charge in [0, 0.05) is 37.6 Å². The van der Waals surface area contributed by atoms with Crippen LogP contribution in [-0.2, 0) is 16.0 Å². The van der Waals surface area contributed by atoms with Crippen LogP contribution in [-0.4, -0.2) is 65.3 Å². The number of benzene rings is 2. The van der Waals surface area contributed by atoms with Crippen LogP contribution in [0.4, 0.5) is 0 Å². The fourth-order valence-electron chi connectivity index (χ4n) is 6.00. The maximum atomic E-state index is 13.8. The molecule has 2 aliphatic heterocycles. The van der Waals surface area contributed by atoms with Crippen molar-refractivity contribution in [1.82, 2.24) is 14.7 Å². The van der Waals surface area contributed by atoms with E-state index in [9.17, 15) is 9.59 Å². The average Bonchev–Trinajstić information content (AvgIpc) is 3.42. The summed E-state index contributed by atoms with van der Waals surface area (Å²) in [5, 5.41) is 2.18. The molecule has 3 atom stereocenters. The van der Waals surface area contributed by atoms with E-state index in [1.165, 1.54) is 21.6 Å². The van der Waals surface area contributed by atoms with Gasteiger partial charge in [-0.1, -0.05) is 61.5 Å². The van der Waals surface area contributed by atoms with Gasteiger partial charge in [-0.05, 0) is 60.4 Å². The number of rotatable bonds is 6. The van der Waals surface area contributed by atoms with E-state index in [0.717, 1.165) is 24.9 Å². The molecule has 3 heterocycles. The first-order chi connectivity index (χ1) is 18.0. The van der Waals surface area contributed by atoms with Crippen LogP contribution in [0.25, 0.3) is 0 Å². The molecule has 2 amide bonds. The Bertz CT molecular complexity index is 1230. The lowest BCUT2D eigenvalue weighted by atomic mass is 9.89. The summed E-state index contributed by atoms with van der Waals surface area (Å²) in [6.07, 6.45) is 1.76. The number of aryl methyl sites for hydroxylation is 1. The lowest BCUT2D eigenvalue weighted by Crippen LogP contribution is -2.56. The first-order valence-corrected chi connectivity index (χ1v) is 14.4. The Hall–Kier alpha value is -2.96. The first kappa shape index (κ1) is 25.7. The highest BCUT2D eigenvalue weighted by molar-refractivity contribution is 7.10. The Morgan fingerprint density at radius 2 is 1.51 bits per heavy atom. The fraction of sp³-hybridized carbons (Fsp3) is 0.419. The van der Waals surface area contributed by atoms with Crippen molar-refractivity contribution < 1.29 is 9.59 Å². The third-order valence-corrected chi connectivity index (χ3v) is 9.15. The SMILES string of the molecule is CCC(C(=O)N1CCN(C(=O)C(C)N2CCc3sccc3C2c2ccccc2C)CC1)c1ccccc1. The van der Waals surface area contributed by atoms with Crippen LogP contribution in [0.15, 0.2) is 66.0 Å². The molecule has 3 unspecified atom stereocenters. The van der Waals surface area contributed by atoms with Crippen molar-refractivity contribution in [2.75, 3.05) is 32.7 Å². The molecule has 5 nitrogen and oxygen atoms in total.